The van der Waals surface area contributed by atoms with Gasteiger partial charge >= 0.3 is 0 Å². The highest BCUT2D eigenvalue weighted by Crippen LogP contribution is 2.43. The molecule has 3 aromatic heterocycles. The number of pyridine rings is 1. The zero-order valence-electron chi connectivity index (χ0n) is 17.6. The van der Waals surface area contributed by atoms with Gasteiger partial charge in [-0.1, -0.05) is 59.6 Å². The lowest BCUT2D eigenvalue weighted by atomic mass is 9.87. The molecule has 0 fully saturated rings. The van der Waals surface area contributed by atoms with Crippen molar-refractivity contribution in [1.29, 1.82) is 0 Å². The number of hydrogen-bond acceptors (Lipinski definition) is 5. The molecule has 5 aromatic rings. The molecule has 3 nitrogen and oxygen atoms in total. The first-order valence-electron chi connectivity index (χ1n) is 10.9. The van der Waals surface area contributed by atoms with E-state index in [-0.39, 0.29) is 0 Å². The van der Waals surface area contributed by atoms with Gasteiger partial charge < -0.3 is 0 Å². The van der Waals surface area contributed by atoms with Gasteiger partial charge in [0.05, 0.1) is 26.0 Å². The Hall–Kier alpha value is -2.18. The molecular formula is C26H19Cl2N3S2. The molecule has 7 heteroatoms. The van der Waals surface area contributed by atoms with Gasteiger partial charge in [0.2, 0.25) is 0 Å². The molecule has 0 saturated carbocycles. The van der Waals surface area contributed by atoms with Crippen molar-refractivity contribution in [3.63, 3.8) is 0 Å². The molecule has 0 bridgehead atoms. The zero-order valence-corrected chi connectivity index (χ0v) is 20.8. The van der Waals surface area contributed by atoms with Crippen LogP contribution in [-0.2, 0) is 18.6 Å². The summed E-state index contributed by atoms with van der Waals surface area (Å²) >= 11 is 15.7. The number of thioether (sulfide) groups is 1. The van der Waals surface area contributed by atoms with E-state index < -0.39 is 0 Å². The second kappa shape index (κ2) is 8.88. The van der Waals surface area contributed by atoms with Gasteiger partial charge in [-0.25, -0.2) is 15.0 Å². The Morgan fingerprint density at radius 3 is 2.55 bits per heavy atom. The lowest BCUT2D eigenvalue weighted by Crippen LogP contribution is -2.07. The number of fused-ring (bicyclic) bond motifs is 5. The predicted molar refractivity (Wildman–Crippen MR) is 141 cm³/mol. The Labute approximate surface area is 210 Å². The fourth-order valence-corrected chi connectivity index (χ4v) is 7.06. The standard InChI is InChI=1S/C26H19Cl2N3S2/c27-19-11-10-15(12-20(19)28)13-32-26-24-23(29-14-30-26)21-17-8-4-5-9-18(17)22(31-25(21)33-24)16-6-2-1-3-7-16/h1-3,6-7,10-12,14H,4-5,8-9,13H2. The summed E-state index contributed by atoms with van der Waals surface area (Å²) in [5, 5.41) is 3.36. The number of nitrogens with zero attached hydrogens (tertiary/aromatic N) is 3. The van der Waals surface area contributed by atoms with E-state index in [0.29, 0.717) is 10.0 Å². The maximum Gasteiger partial charge on any atom is 0.127 e. The second-order valence-corrected chi connectivity index (χ2v) is 10.9. The molecule has 0 radical (unpaired) electrons. The first-order valence-corrected chi connectivity index (χ1v) is 13.5. The number of aryl methyl sites for hydroxylation is 1. The summed E-state index contributed by atoms with van der Waals surface area (Å²) in [5.41, 5.74) is 7.28. The molecule has 0 saturated heterocycles. The lowest BCUT2D eigenvalue weighted by Gasteiger charge is -2.20. The van der Waals surface area contributed by atoms with Gasteiger partial charge in [-0.3, -0.25) is 0 Å². The maximum absolute atomic E-state index is 6.20. The molecule has 6 rings (SSSR count). The maximum atomic E-state index is 6.20. The minimum absolute atomic E-state index is 0.574. The summed E-state index contributed by atoms with van der Waals surface area (Å²) in [6.07, 6.45) is 6.26. The minimum Gasteiger partial charge on any atom is -0.236 e. The Morgan fingerprint density at radius 2 is 1.73 bits per heavy atom. The number of benzene rings is 2. The molecule has 0 N–H and O–H groups in total. The summed E-state index contributed by atoms with van der Waals surface area (Å²) in [6, 6.07) is 16.3. The highest BCUT2D eigenvalue weighted by molar-refractivity contribution is 7.98. The average molecular weight is 508 g/mol. The van der Waals surface area contributed by atoms with E-state index in [0.717, 1.165) is 49.9 Å². The predicted octanol–water partition coefficient (Wildman–Crippen LogP) is 8.38. The van der Waals surface area contributed by atoms with Crippen LogP contribution in [0.4, 0.5) is 0 Å². The normalized spacial score (nSPS) is 13.5. The molecule has 0 atom stereocenters. The number of aromatic nitrogens is 3. The quantitative estimate of drug-likeness (QED) is 0.181. The van der Waals surface area contributed by atoms with Crippen LogP contribution in [0.25, 0.3) is 31.7 Å². The van der Waals surface area contributed by atoms with Gasteiger partial charge in [0.25, 0.3) is 0 Å². The van der Waals surface area contributed by atoms with Crippen molar-refractivity contribution in [3.05, 3.63) is 81.6 Å². The smallest absolute Gasteiger partial charge is 0.127 e. The van der Waals surface area contributed by atoms with E-state index in [9.17, 15) is 0 Å². The number of rotatable bonds is 4. The summed E-state index contributed by atoms with van der Waals surface area (Å²) in [6.45, 7) is 0. The van der Waals surface area contributed by atoms with Crippen LogP contribution in [0.1, 0.15) is 29.5 Å². The molecule has 164 valence electrons. The van der Waals surface area contributed by atoms with Crippen LogP contribution in [-0.4, -0.2) is 15.0 Å². The van der Waals surface area contributed by atoms with Crippen molar-refractivity contribution in [2.24, 2.45) is 0 Å². The third-order valence-corrected chi connectivity index (χ3v) is 9.10. The Bertz CT molecular complexity index is 1500. The van der Waals surface area contributed by atoms with Crippen LogP contribution in [0.3, 0.4) is 0 Å². The van der Waals surface area contributed by atoms with Gasteiger partial charge in [-0.2, -0.15) is 0 Å². The van der Waals surface area contributed by atoms with Gasteiger partial charge in [0, 0.05) is 16.7 Å². The topological polar surface area (TPSA) is 38.7 Å². The summed E-state index contributed by atoms with van der Waals surface area (Å²) in [5.74, 6) is 0.762. The SMILES string of the molecule is Clc1ccc(CSc2ncnc3c2sc2nc(-c4ccccc4)c4c(c23)CCCC4)cc1Cl. The summed E-state index contributed by atoms with van der Waals surface area (Å²) in [4.78, 5) is 15.6. The fraction of sp³-hybridized carbons (Fsp3) is 0.192. The number of hydrogen-bond donors (Lipinski definition) is 0. The monoisotopic (exact) mass is 507 g/mol. The Balaban J connectivity index is 1.48. The first kappa shape index (κ1) is 21.4. The fourth-order valence-electron chi connectivity index (χ4n) is 4.56. The van der Waals surface area contributed by atoms with E-state index in [2.05, 4.69) is 35.3 Å². The third kappa shape index (κ3) is 3.91. The Morgan fingerprint density at radius 1 is 0.909 bits per heavy atom. The molecule has 33 heavy (non-hydrogen) atoms. The van der Waals surface area contributed by atoms with Gasteiger partial charge in [0.1, 0.15) is 16.2 Å². The molecule has 0 spiro atoms. The van der Waals surface area contributed by atoms with E-state index in [1.165, 1.54) is 34.9 Å². The number of halogens is 2. The molecule has 2 aromatic carbocycles. The molecule has 1 aliphatic carbocycles. The number of thiophene rings is 1. The van der Waals surface area contributed by atoms with E-state index in [4.69, 9.17) is 33.2 Å². The van der Waals surface area contributed by atoms with Crippen molar-refractivity contribution in [2.75, 3.05) is 0 Å². The summed E-state index contributed by atoms with van der Waals surface area (Å²) in [7, 11) is 0. The van der Waals surface area contributed by atoms with Gasteiger partial charge in [0.15, 0.2) is 0 Å². The zero-order chi connectivity index (χ0) is 22.4. The van der Waals surface area contributed by atoms with E-state index >= 15 is 0 Å². The minimum atomic E-state index is 0.574. The molecule has 0 amide bonds. The summed E-state index contributed by atoms with van der Waals surface area (Å²) < 4.78 is 1.11. The van der Waals surface area contributed by atoms with Crippen LogP contribution < -0.4 is 0 Å². The van der Waals surface area contributed by atoms with E-state index in [1.807, 2.05) is 18.2 Å². The van der Waals surface area contributed by atoms with Crippen LogP contribution in [0.15, 0.2) is 59.9 Å². The largest absolute Gasteiger partial charge is 0.236 e. The van der Waals surface area contributed by atoms with Crippen molar-refractivity contribution in [3.8, 4) is 11.3 Å². The molecular weight excluding hydrogens is 489 g/mol. The van der Waals surface area contributed by atoms with Crippen molar-refractivity contribution < 1.29 is 0 Å². The van der Waals surface area contributed by atoms with Crippen LogP contribution in [0, 0.1) is 0 Å². The highest BCUT2D eigenvalue weighted by Gasteiger charge is 2.23. The van der Waals surface area contributed by atoms with E-state index in [1.54, 1.807) is 29.4 Å². The molecule has 3 heterocycles. The molecule has 1 aliphatic rings. The second-order valence-electron chi connectivity index (χ2n) is 8.17. The third-order valence-electron chi connectivity index (χ3n) is 6.10. The van der Waals surface area contributed by atoms with Crippen molar-refractivity contribution >= 4 is 66.7 Å². The van der Waals surface area contributed by atoms with Gasteiger partial charge in [-0.15, -0.1) is 23.1 Å². The van der Waals surface area contributed by atoms with Crippen LogP contribution >= 0.6 is 46.3 Å². The lowest BCUT2D eigenvalue weighted by molar-refractivity contribution is 0.689. The van der Waals surface area contributed by atoms with Crippen LogP contribution in [0.2, 0.25) is 10.0 Å². The highest BCUT2D eigenvalue weighted by atomic mass is 35.5. The van der Waals surface area contributed by atoms with Crippen molar-refractivity contribution in [1.82, 2.24) is 15.0 Å². The first-order chi connectivity index (χ1) is 16.2. The Kier molecular flexibility index (Phi) is 5.75. The molecule has 0 unspecified atom stereocenters. The van der Waals surface area contributed by atoms with Crippen LogP contribution in [0.5, 0.6) is 0 Å². The average Bonchev–Trinajstić information content (AvgIpc) is 3.24. The molecule has 0 aliphatic heterocycles. The van der Waals surface area contributed by atoms with Gasteiger partial charge in [-0.05, 0) is 54.5 Å². The van der Waals surface area contributed by atoms with Crippen molar-refractivity contribution in [2.45, 2.75) is 36.5 Å².